The van der Waals surface area contributed by atoms with E-state index >= 15 is 0 Å². The Morgan fingerprint density at radius 3 is 2.74 bits per heavy atom. The van der Waals surface area contributed by atoms with Crippen molar-refractivity contribution in [3.8, 4) is 0 Å². The number of aliphatic hydroxyl groups is 1. The summed E-state index contributed by atoms with van der Waals surface area (Å²) in [4.78, 5) is 11.0. The second kappa shape index (κ2) is 4.56. The minimum atomic E-state index is -4.40. The number of carbonyl (C=O) groups is 1. The number of halogens is 3. The minimum absolute atomic E-state index is 0.0606. The number of carboxylic acids is 1. The molecule has 0 spiro atoms. The normalized spacial score (nSPS) is 28.3. The van der Waals surface area contributed by atoms with E-state index in [1.807, 2.05) is 0 Å². The molecule has 0 aromatic carbocycles. The Labute approximate surface area is 106 Å². The Kier molecular flexibility index (Phi) is 3.34. The molecule has 106 valence electrons. The van der Waals surface area contributed by atoms with Crippen LogP contribution in [0.4, 0.5) is 13.2 Å². The maximum atomic E-state index is 12.7. The van der Waals surface area contributed by atoms with Crippen LogP contribution in [0.1, 0.15) is 41.8 Å². The molecule has 1 aromatic heterocycles. The lowest BCUT2D eigenvalue weighted by molar-refractivity contribution is -0.203. The van der Waals surface area contributed by atoms with Gasteiger partial charge in [0.1, 0.15) is 16.9 Å². The largest absolute Gasteiger partial charge is 0.478 e. The summed E-state index contributed by atoms with van der Waals surface area (Å²) in [5, 5.41) is 19.3. The van der Waals surface area contributed by atoms with Crippen molar-refractivity contribution in [2.24, 2.45) is 5.92 Å². The van der Waals surface area contributed by atoms with E-state index in [4.69, 9.17) is 9.52 Å². The fourth-order valence-electron chi connectivity index (χ4n) is 2.58. The Bertz CT molecular complexity index is 480. The van der Waals surface area contributed by atoms with Crippen LogP contribution >= 0.6 is 0 Å². The number of aromatic carboxylic acids is 1. The molecule has 1 aliphatic carbocycles. The quantitative estimate of drug-likeness (QED) is 0.872. The monoisotopic (exact) mass is 278 g/mol. The Balaban J connectivity index is 2.31. The molecule has 0 aliphatic heterocycles. The van der Waals surface area contributed by atoms with Crippen molar-refractivity contribution < 1.29 is 32.6 Å². The van der Waals surface area contributed by atoms with Crippen LogP contribution in [0.15, 0.2) is 16.7 Å². The second-order valence-corrected chi connectivity index (χ2v) is 4.84. The van der Waals surface area contributed by atoms with Gasteiger partial charge in [0.15, 0.2) is 0 Å². The molecule has 0 amide bonds. The lowest BCUT2D eigenvalue weighted by Gasteiger charge is -2.36. The van der Waals surface area contributed by atoms with E-state index in [-0.39, 0.29) is 30.6 Å². The molecule has 0 radical (unpaired) electrons. The second-order valence-electron chi connectivity index (χ2n) is 4.84. The van der Waals surface area contributed by atoms with E-state index in [1.165, 1.54) is 0 Å². The first-order valence-corrected chi connectivity index (χ1v) is 5.84. The topological polar surface area (TPSA) is 70.7 Å². The van der Waals surface area contributed by atoms with Crippen LogP contribution in [-0.4, -0.2) is 22.4 Å². The van der Waals surface area contributed by atoms with Gasteiger partial charge < -0.3 is 14.6 Å². The molecule has 2 N–H and O–H groups in total. The molecular formula is C12H13F3O4. The van der Waals surface area contributed by atoms with Gasteiger partial charge in [-0.25, -0.2) is 4.79 Å². The molecule has 1 aliphatic rings. The van der Waals surface area contributed by atoms with Gasteiger partial charge in [0, 0.05) is 0 Å². The molecule has 1 aromatic rings. The zero-order valence-corrected chi connectivity index (χ0v) is 9.91. The van der Waals surface area contributed by atoms with Crippen molar-refractivity contribution in [2.75, 3.05) is 0 Å². The smallest absolute Gasteiger partial charge is 0.391 e. The van der Waals surface area contributed by atoms with Crippen LogP contribution in [0.2, 0.25) is 0 Å². The molecule has 19 heavy (non-hydrogen) atoms. The first kappa shape index (κ1) is 13.9. The van der Waals surface area contributed by atoms with Crippen LogP contribution in [0.3, 0.4) is 0 Å². The molecular weight excluding hydrogens is 265 g/mol. The lowest BCUT2D eigenvalue weighted by atomic mass is 9.75. The van der Waals surface area contributed by atoms with Crippen molar-refractivity contribution in [3.05, 3.63) is 23.7 Å². The van der Waals surface area contributed by atoms with Crippen LogP contribution in [0, 0.1) is 5.92 Å². The highest BCUT2D eigenvalue weighted by Crippen LogP contribution is 2.46. The molecule has 2 unspecified atom stereocenters. The van der Waals surface area contributed by atoms with Crippen molar-refractivity contribution in [3.63, 3.8) is 0 Å². The fraction of sp³-hybridized carbons (Fsp3) is 0.583. The summed E-state index contributed by atoms with van der Waals surface area (Å²) >= 11 is 0. The summed E-state index contributed by atoms with van der Waals surface area (Å²) < 4.78 is 43.1. The molecule has 0 bridgehead atoms. The van der Waals surface area contributed by atoms with Gasteiger partial charge in [0.05, 0.1) is 12.2 Å². The van der Waals surface area contributed by atoms with E-state index in [0.29, 0.717) is 0 Å². The maximum absolute atomic E-state index is 12.7. The number of rotatable bonds is 2. The summed E-state index contributed by atoms with van der Waals surface area (Å²) in [6.07, 6.45) is -3.73. The zero-order chi connectivity index (χ0) is 14.3. The van der Waals surface area contributed by atoms with Gasteiger partial charge in [-0.15, -0.1) is 0 Å². The molecule has 7 heteroatoms. The van der Waals surface area contributed by atoms with E-state index in [1.54, 1.807) is 0 Å². The van der Waals surface area contributed by atoms with Crippen LogP contribution in [0.5, 0.6) is 0 Å². The number of hydrogen-bond donors (Lipinski definition) is 2. The van der Waals surface area contributed by atoms with Crippen molar-refractivity contribution in [1.82, 2.24) is 0 Å². The summed E-state index contributed by atoms with van der Waals surface area (Å²) in [6.45, 7) is 0. The molecule has 0 saturated heterocycles. The van der Waals surface area contributed by atoms with Crippen LogP contribution in [-0.2, 0) is 5.60 Å². The fourth-order valence-corrected chi connectivity index (χ4v) is 2.58. The van der Waals surface area contributed by atoms with Crippen LogP contribution in [0.25, 0.3) is 0 Å². The number of furan rings is 1. The van der Waals surface area contributed by atoms with Gasteiger partial charge in [0.25, 0.3) is 0 Å². The lowest BCUT2D eigenvalue weighted by Crippen LogP contribution is -2.39. The average Bonchev–Trinajstić information content (AvgIpc) is 2.77. The highest BCUT2D eigenvalue weighted by Gasteiger charge is 2.49. The summed E-state index contributed by atoms with van der Waals surface area (Å²) in [5.41, 5.74) is -2.15. The predicted molar refractivity (Wildman–Crippen MR) is 57.6 cm³/mol. The summed E-state index contributed by atoms with van der Waals surface area (Å²) in [6, 6.07) is 1.13. The Hall–Kier alpha value is -1.50. The Morgan fingerprint density at radius 2 is 2.16 bits per heavy atom. The van der Waals surface area contributed by atoms with Crippen LogP contribution < -0.4 is 0 Å². The Morgan fingerprint density at radius 1 is 1.47 bits per heavy atom. The molecule has 1 saturated carbocycles. The van der Waals surface area contributed by atoms with Crippen molar-refractivity contribution >= 4 is 5.97 Å². The SMILES string of the molecule is O=C(O)c1ccoc1C1(O)CCCC(C(F)(F)F)C1. The summed E-state index contributed by atoms with van der Waals surface area (Å²) in [7, 11) is 0. The molecule has 2 atom stereocenters. The van der Waals surface area contributed by atoms with E-state index < -0.39 is 30.1 Å². The third-order valence-electron chi connectivity index (χ3n) is 3.51. The van der Waals surface area contributed by atoms with Crippen molar-refractivity contribution in [1.29, 1.82) is 0 Å². The van der Waals surface area contributed by atoms with Gasteiger partial charge in [-0.05, 0) is 31.7 Å². The van der Waals surface area contributed by atoms with Gasteiger partial charge in [0.2, 0.25) is 0 Å². The number of alkyl halides is 3. The van der Waals surface area contributed by atoms with Gasteiger partial charge in [-0.1, -0.05) is 0 Å². The highest BCUT2D eigenvalue weighted by molar-refractivity contribution is 5.89. The third-order valence-corrected chi connectivity index (χ3v) is 3.51. The standard InChI is InChI=1S/C12H13F3O4/c13-12(14,15)7-2-1-4-11(18,6-7)9-8(10(16)17)3-5-19-9/h3,5,7,18H,1-2,4,6H2,(H,16,17). The average molecular weight is 278 g/mol. The van der Waals surface area contributed by atoms with Gasteiger partial charge in [-0.2, -0.15) is 13.2 Å². The highest BCUT2D eigenvalue weighted by atomic mass is 19.4. The first-order valence-electron chi connectivity index (χ1n) is 5.84. The predicted octanol–water partition coefficient (Wildman–Crippen LogP) is 2.92. The molecule has 4 nitrogen and oxygen atoms in total. The maximum Gasteiger partial charge on any atom is 0.391 e. The third kappa shape index (κ3) is 2.60. The van der Waals surface area contributed by atoms with Gasteiger partial charge in [-0.3, -0.25) is 0 Å². The number of carboxylic acid groups (broad SMARTS) is 1. The van der Waals surface area contributed by atoms with Gasteiger partial charge >= 0.3 is 12.1 Å². The molecule has 2 rings (SSSR count). The number of hydrogen-bond acceptors (Lipinski definition) is 3. The van der Waals surface area contributed by atoms with E-state index in [2.05, 4.69) is 0 Å². The molecule has 1 fully saturated rings. The first-order chi connectivity index (χ1) is 8.74. The summed E-state index contributed by atoms with van der Waals surface area (Å²) in [5.74, 6) is -3.25. The zero-order valence-electron chi connectivity index (χ0n) is 9.91. The van der Waals surface area contributed by atoms with E-state index in [9.17, 15) is 23.1 Å². The molecule has 1 heterocycles. The minimum Gasteiger partial charge on any atom is -0.478 e. The van der Waals surface area contributed by atoms with E-state index in [0.717, 1.165) is 12.3 Å². The van der Waals surface area contributed by atoms with Crippen molar-refractivity contribution in [2.45, 2.75) is 37.5 Å².